The summed E-state index contributed by atoms with van der Waals surface area (Å²) in [5, 5.41) is 0. The van der Waals surface area contributed by atoms with Crippen molar-refractivity contribution in [3.05, 3.63) is 0 Å². The van der Waals surface area contributed by atoms with Gasteiger partial charge in [0, 0.05) is 20.0 Å². The molecule has 0 aromatic carbocycles. The maximum Gasteiger partial charge on any atom is 0.313 e. The summed E-state index contributed by atoms with van der Waals surface area (Å²) >= 11 is 0. The van der Waals surface area contributed by atoms with Crippen LogP contribution in [0.25, 0.3) is 0 Å². The van der Waals surface area contributed by atoms with Crippen LogP contribution in [-0.4, -0.2) is 37.0 Å². The van der Waals surface area contributed by atoms with E-state index < -0.39 is 5.41 Å². The number of carbonyl (C=O) groups is 2. The molecule has 1 atom stereocenters. The molecular weight excluding hydrogens is 170 g/mol. The van der Waals surface area contributed by atoms with Crippen molar-refractivity contribution >= 4 is 11.9 Å². The number of nitrogens with zero attached hydrogens (tertiary/aromatic N) is 1. The number of hydrogen-bond acceptors (Lipinski definition) is 3. The van der Waals surface area contributed by atoms with Gasteiger partial charge >= 0.3 is 5.97 Å². The molecule has 1 aliphatic rings. The molecule has 0 aromatic rings. The van der Waals surface area contributed by atoms with E-state index in [9.17, 15) is 9.59 Å². The van der Waals surface area contributed by atoms with Gasteiger partial charge in [-0.15, -0.1) is 0 Å². The van der Waals surface area contributed by atoms with E-state index in [1.165, 1.54) is 14.0 Å². The fourth-order valence-corrected chi connectivity index (χ4v) is 1.64. The zero-order valence-corrected chi connectivity index (χ0v) is 8.29. The number of rotatable bonds is 1. The first-order valence-corrected chi connectivity index (χ1v) is 4.33. The van der Waals surface area contributed by atoms with Crippen molar-refractivity contribution in [1.82, 2.24) is 4.90 Å². The smallest absolute Gasteiger partial charge is 0.313 e. The fraction of sp³-hybridized carbons (Fsp3) is 0.778. The van der Waals surface area contributed by atoms with Gasteiger partial charge in [0.1, 0.15) is 0 Å². The molecule has 1 amide bonds. The second-order valence-electron chi connectivity index (χ2n) is 3.74. The van der Waals surface area contributed by atoms with E-state index in [-0.39, 0.29) is 11.9 Å². The maximum atomic E-state index is 11.3. The molecular formula is C9H15NO3. The Bertz CT molecular complexity index is 239. The van der Waals surface area contributed by atoms with Crippen LogP contribution in [0.2, 0.25) is 0 Å². The van der Waals surface area contributed by atoms with Gasteiger partial charge in [-0.2, -0.15) is 0 Å². The zero-order valence-electron chi connectivity index (χ0n) is 8.29. The van der Waals surface area contributed by atoms with Gasteiger partial charge in [-0.25, -0.2) is 0 Å². The summed E-state index contributed by atoms with van der Waals surface area (Å²) in [6.07, 6.45) is 0.694. The maximum absolute atomic E-state index is 11.3. The van der Waals surface area contributed by atoms with Crippen molar-refractivity contribution in [2.75, 3.05) is 20.2 Å². The standard InChI is InChI=1S/C9H15NO3/c1-7(11)10-5-4-9(2,6-10)8(12)13-3/h4-6H2,1-3H3. The molecule has 1 rings (SSSR count). The monoisotopic (exact) mass is 185 g/mol. The molecule has 0 spiro atoms. The third kappa shape index (κ3) is 1.82. The van der Waals surface area contributed by atoms with Crippen molar-refractivity contribution in [1.29, 1.82) is 0 Å². The number of ether oxygens (including phenoxy) is 1. The van der Waals surface area contributed by atoms with Gasteiger partial charge < -0.3 is 9.64 Å². The average molecular weight is 185 g/mol. The number of methoxy groups -OCH3 is 1. The minimum atomic E-state index is -0.500. The zero-order chi connectivity index (χ0) is 10.1. The van der Waals surface area contributed by atoms with E-state index in [0.29, 0.717) is 19.5 Å². The highest BCUT2D eigenvalue weighted by Gasteiger charge is 2.42. The molecule has 1 aliphatic heterocycles. The first-order valence-electron chi connectivity index (χ1n) is 4.33. The highest BCUT2D eigenvalue weighted by Crippen LogP contribution is 2.30. The lowest BCUT2D eigenvalue weighted by Gasteiger charge is -2.20. The molecule has 0 aromatic heterocycles. The normalized spacial score (nSPS) is 27.5. The summed E-state index contributed by atoms with van der Waals surface area (Å²) in [7, 11) is 1.38. The van der Waals surface area contributed by atoms with Gasteiger partial charge in [0.2, 0.25) is 5.91 Å². The van der Waals surface area contributed by atoms with Crippen molar-refractivity contribution in [2.24, 2.45) is 5.41 Å². The molecule has 0 saturated carbocycles. The van der Waals surface area contributed by atoms with Crippen LogP contribution in [0.5, 0.6) is 0 Å². The second-order valence-corrected chi connectivity index (χ2v) is 3.74. The number of hydrogen-bond donors (Lipinski definition) is 0. The molecule has 4 nitrogen and oxygen atoms in total. The molecule has 0 radical (unpaired) electrons. The lowest BCUT2D eigenvalue weighted by atomic mass is 9.90. The van der Waals surface area contributed by atoms with Crippen molar-refractivity contribution in [3.63, 3.8) is 0 Å². The summed E-state index contributed by atoms with van der Waals surface area (Å²) in [5.74, 6) is -0.205. The fourth-order valence-electron chi connectivity index (χ4n) is 1.64. The molecule has 1 unspecified atom stereocenters. The molecule has 0 N–H and O–H groups in total. The van der Waals surface area contributed by atoms with Crippen molar-refractivity contribution in [2.45, 2.75) is 20.3 Å². The van der Waals surface area contributed by atoms with Crippen LogP contribution in [0.3, 0.4) is 0 Å². The van der Waals surface area contributed by atoms with Gasteiger partial charge in [0.15, 0.2) is 0 Å². The van der Waals surface area contributed by atoms with Crippen LogP contribution in [0.4, 0.5) is 0 Å². The predicted octanol–water partition coefficient (Wildman–Crippen LogP) is 0.418. The van der Waals surface area contributed by atoms with Crippen LogP contribution in [-0.2, 0) is 14.3 Å². The van der Waals surface area contributed by atoms with E-state index in [2.05, 4.69) is 4.74 Å². The lowest BCUT2D eigenvalue weighted by molar-refractivity contribution is -0.151. The Morgan fingerprint density at radius 3 is 2.46 bits per heavy atom. The summed E-state index contributed by atoms with van der Waals surface area (Å²) in [4.78, 5) is 24.0. The van der Waals surface area contributed by atoms with Gasteiger partial charge in [0.25, 0.3) is 0 Å². The molecule has 0 bridgehead atoms. The summed E-state index contributed by atoms with van der Waals surface area (Å²) in [6.45, 7) is 4.49. The number of carbonyl (C=O) groups excluding carboxylic acids is 2. The van der Waals surface area contributed by atoms with Crippen LogP contribution in [0, 0.1) is 5.41 Å². The summed E-state index contributed by atoms with van der Waals surface area (Å²) < 4.78 is 4.69. The number of amides is 1. The third-order valence-electron chi connectivity index (χ3n) is 2.60. The molecule has 0 aliphatic carbocycles. The second kappa shape index (κ2) is 3.36. The molecule has 74 valence electrons. The highest BCUT2D eigenvalue weighted by molar-refractivity contribution is 5.80. The first-order chi connectivity index (χ1) is 5.99. The molecule has 1 saturated heterocycles. The Hall–Kier alpha value is -1.06. The Kier molecular flexibility index (Phi) is 2.59. The number of esters is 1. The first kappa shape index (κ1) is 10.0. The predicted molar refractivity (Wildman–Crippen MR) is 47.0 cm³/mol. The van der Waals surface area contributed by atoms with Crippen LogP contribution in [0.15, 0.2) is 0 Å². The summed E-state index contributed by atoms with van der Waals surface area (Å²) in [5.41, 5.74) is -0.500. The van der Waals surface area contributed by atoms with Gasteiger partial charge in [-0.3, -0.25) is 9.59 Å². The minimum Gasteiger partial charge on any atom is -0.469 e. The van der Waals surface area contributed by atoms with E-state index >= 15 is 0 Å². The Morgan fingerprint density at radius 2 is 2.08 bits per heavy atom. The number of likely N-dealkylation sites (tertiary alicyclic amines) is 1. The Balaban J connectivity index is 2.66. The van der Waals surface area contributed by atoms with E-state index in [1.54, 1.807) is 4.90 Å². The highest BCUT2D eigenvalue weighted by atomic mass is 16.5. The average Bonchev–Trinajstić information content (AvgIpc) is 2.48. The molecule has 4 heteroatoms. The third-order valence-corrected chi connectivity index (χ3v) is 2.60. The van der Waals surface area contributed by atoms with Crippen molar-refractivity contribution < 1.29 is 14.3 Å². The largest absolute Gasteiger partial charge is 0.469 e. The van der Waals surface area contributed by atoms with Gasteiger partial charge in [-0.05, 0) is 13.3 Å². The quantitative estimate of drug-likeness (QED) is 0.556. The minimum absolute atomic E-state index is 0.0210. The Labute approximate surface area is 77.8 Å². The SMILES string of the molecule is COC(=O)C1(C)CCN(C(C)=O)C1. The molecule has 1 heterocycles. The van der Waals surface area contributed by atoms with Crippen molar-refractivity contribution in [3.8, 4) is 0 Å². The molecule has 1 fully saturated rings. The Morgan fingerprint density at radius 1 is 1.46 bits per heavy atom. The topological polar surface area (TPSA) is 46.6 Å². The van der Waals surface area contributed by atoms with Crippen LogP contribution in [0.1, 0.15) is 20.3 Å². The van der Waals surface area contributed by atoms with Gasteiger partial charge in [-0.1, -0.05) is 0 Å². The molecule has 13 heavy (non-hydrogen) atoms. The van der Waals surface area contributed by atoms with Crippen LogP contribution < -0.4 is 0 Å². The lowest BCUT2D eigenvalue weighted by Crippen LogP contribution is -2.34. The van der Waals surface area contributed by atoms with Crippen LogP contribution >= 0.6 is 0 Å². The van der Waals surface area contributed by atoms with E-state index in [0.717, 1.165) is 0 Å². The van der Waals surface area contributed by atoms with E-state index in [1.807, 2.05) is 6.92 Å². The van der Waals surface area contributed by atoms with Gasteiger partial charge in [0.05, 0.1) is 12.5 Å². The van der Waals surface area contributed by atoms with E-state index in [4.69, 9.17) is 0 Å². The summed E-state index contributed by atoms with van der Waals surface area (Å²) in [6, 6.07) is 0.